The van der Waals surface area contributed by atoms with Gasteiger partial charge >= 0.3 is 6.18 Å². The average Bonchev–Trinajstić information content (AvgIpc) is 2.09. The predicted octanol–water partition coefficient (Wildman–Crippen LogP) is 1.59. The second kappa shape index (κ2) is 4.99. The summed E-state index contributed by atoms with van der Waals surface area (Å²) in [6, 6.07) is 0. The van der Waals surface area contributed by atoms with Gasteiger partial charge in [-0.3, -0.25) is 0 Å². The first-order valence-electron chi connectivity index (χ1n) is 4.00. The molecule has 0 amide bonds. The average molecular weight is 209 g/mol. The molecular weight excluding hydrogens is 195 g/mol. The third kappa shape index (κ3) is 3.37. The maximum atomic E-state index is 12.4. The summed E-state index contributed by atoms with van der Waals surface area (Å²) in [7, 11) is 2.89. The lowest BCUT2D eigenvalue weighted by Gasteiger charge is -2.28. The van der Waals surface area contributed by atoms with E-state index in [1.807, 2.05) is 0 Å². The molecule has 0 heterocycles. The van der Waals surface area contributed by atoms with Gasteiger partial charge in [0.25, 0.3) is 0 Å². The number of nitrogens with one attached hydrogen (secondary N) is 1. The van der Waals surface area contributed by atoms with Gasteiger partial charge in [0.1, 0.15) is 0 Å². The minimum absolute atomic E-state index is 0.449. The van der Waals surface area contributed by atoms with Crippen molar-refractivity contribution in [2.24, 2.45) is 4.99 Å². The van der Waals surface area contributed by atoms with E-state index in [9.17, 15) is 13.2 Å². The Labute approximate surface area is 81.3 Å². The molecule has 0 fully saturated rings. The highest BCUT2D eigenvalue weighted by Crippen LogP contribution is 2.20. The first kappa shape index (κ1) is 13.0. The third-order valence-electron chi connectivity index (χ3n) is 1.80. The lowest BCUT2D eigenvalue weighted by atomic mass is 10.4. The van der Waals surface area contributed by atoms with Gasteiger partial charge in [0.05, 0.1) is 6.17 Å². The van der Waals surface area contributed by atoms with Crippen LogP contribution < -0.4 is 5.32 Å². The van der Waals surface area contributed by atoms with Gasteiger partial charge in [-0.1, -0.05) is 6.58 Å². The van der Waals surface area contributed by atoms with E-state index in [4.69, 9.17) is 0 Å². The monoisotopic (exact) mass is 209 g/mol. The fourth-order valence-corrected chi connectivity index (χ4v) is 0.828. The Morgan fingerprint density at radius 3 is 2.36 bits per heavy atom. The minimum atomic E-state index is -4.46. The lowest BCUT2D eigenvalue weighted by molar-refractivity contribution is -0.0696. The van der Waals surface area contributed by atoms with Gasteiger partial charge in [-0.2, -0.15) is 13.2 Å². The summed E-state index contributed by atoms with van der Waals surface area (Å²) in [6.45, 7) is 4.75. The fourth-order valence-electron chi connectivity index (χ4n) is 0.828. The molecule has 0 aliphatic carbocycles. The Balaban J connectivity index is 4.85. The first-order chi connectivity index (χ1) is 6.34. The summed E-state index contributed by atoms with van der Waals surface area (Å²) in [5.74, 6) is -0.964. The van der Waals surface area contributed by atoms with Crippen molar-refractivity contribution < 1.29 is 13.2 Å². The highest BCUT2D eigenvalue weighted by Gasteiger charge is 2.39. The summed E-state index contributed by atoms with van der Waals surface area (Å²) in [5.41, 5.74) is 0. The Hall–Kier alpha value is -1.04. The van der Waals surface area contributed by atoms with Crippen LogP contribution in [0.5, 0.6) is 0 Å². The molecule has 3 nitrogen and oxygen atoms in total. The van der Waals surface area contributed by atoms with Crippen LogP contribution in [0.25, 0.3) is 0 Å². The van der Waals surface area contributed by atoms with Crippen LogP contribution >= 0.6 is 0 Å². The standard InChI is InChI=1S/C8H14F3N3/c1-5-13-7(8(9,10)11)14(4)6(2)12-3/h5-6,12H,1H2,2-4H3/b13-7-. The topological polar surface area (TPSA) is 27.6 Å². The van der Waals surface area contributed by atoms with Crippen molar-refractivity contribution in [3.8, 4) is 0 Å². The zero-order valence-corrected chi connectivity index (χ0v) is 8.39. The molecule has 6 heteroatoms. The molecule has 0 saturated carbocycles. The van der Waals surface area contributed by atoms with E-state index >= 15 is 0 Å². The van der Waals surface area contributed by atoms with Gasteiger partial charge in [0.2, 0.25) is 5.84 Å². The van der Waals surface area contributed by atoms with Crippen LogP contribution in [0.15, 0.2) is 17.8 Å². The first-order valence-corrected chi connectivity index (χ1v) is 4.00. The second-order valence-corrected chi connectivity index (χ2v) is 2.71. The zero-order chi connectivity index (χ0) is 11.4. The van der Waals surface area contributed by atoms with Crippen molar-refractivity contribution in [3.05, 3.63) is 12.8 Å². The van der Waals surface area contributed by atoms with Crippen molar-refractivity contribution in [3.63, 3.8) is 0 Å². The van der Waals surface area contributed by atoms with Crippen LogP contribution in [-0.2, 0) is 0 Å². The number of rotatable bonds is 3. The van der Waals surface area contributed by atoms with Gasteiger partial charge in [-0.25, -0.2) is 4.99 Å². The van der Waals surface area contributed by atoms with E-state index in [2.05, 4.69) is 16.9 Å². The molecule has 14 heavy (non-hydrogen) atoms. The molecule has 0 aliphatic rings. The van der Waals surface area contributed by atoms with Crippen LogP contribution in [0.2, 0.25) is 0 Å². The van der Waals surface area contributed by atoms with Gasteiger partial charge < -0.3 is 10.2 Å². The van der Waals surface area contributed by atoms with E-state index < -0.39 is 18.2 Å². The van der Waals surface area contributed by atoms with Crippen molar-refractivity contribution in [1.82, 2.24) is 10.2 Å². The smallest absolute Gasteiger partial charge is 0.340 e. The number of aliphatic imine (C=N–C) groups is 1. The molecule has 82 valence electrons. The van der Waals surface area contributed by atoms with Crippen molar-refractivity contribution in [2.45, 2.75) is 19.3 Å². The minimum Gasteiger partial charge on any atom is -0.340 e. The highest BCUT2D eigenvalue weighted by molar-refractivity contribution is 5.88. The maximum Gasteiger partial charge on any atom is 0.449 e. The van der Waals surface area contributed by atoms with Crippen LogP contribution in [0, 0.1) is 0 Å². The Morgan fingerprint density at radius 1 is 1.57 bits per heavy atom. The molecule has 0 spiro atoms. The molecule has 1 atom stereocenters. The number of amidine groups is 1. The van der Waals surface area contributed by atoms with Gasteiger partial charge in [0, 0.05) is 13.2 Å². The fraction of sp³-hybridized carbons (Fsp3) is 0.625. The summed E-state index contributed by atoms with van der Waals surface area (Å²) < 4.78 is 37.2. The summed E-state index contributed by atoms with van der Waals surface area (Å²) in [6.07, 6.45) is -4.04. The molecule has 1 N–H and O–H groups in total. The molecule has 0 radical (unpaired) electrons. The molecule has 0 aliphatic heterocycles. The van der Waals surface area contributed by atoms with Gasteiger partial charge in [0.15, 0.2) is 0 Å². The molecule has 0 aromatic rings. The molecular formula is C8H14F3N3. The second-order valence-electron chi connectivity index (χ2n) is 2.71. The number of halogens is 3. The Morgan fingerprint density at radius 2 is 2.07 bits per heavy atom. The van der Waals surface area contributed by atoms with E-state index in [0.29, 0.717) is 0 Å². The van der Waals surface area contributed by atoms with Crippen molar-refractivity contribution >= 4 is 5.84 Å². The Kier molecular flexibility index (Phi) is 4.62. The number of nitrogens with zero attached hydrogens (tertiary/aromatic N) is 2. The lowest BCUT2D eigenvalue weighted by Crippen LogP contribution is -2.48. The van der Waals surface area contributed by atoms with E-state index in [1.54, 1.807) is 14.0 Å². The maximum absolute atomic E-state index is 12.4. The molecule has 0 saturated heterocycles. The van der Waals surface area contributed by atoms with E-state index in [0.717, 1.165) is 11.1 Å². The molecule has 1 unspecified atom stereocenters. The summed E-state index contributed by atoms with van der Waals surface area (Å²) in [5, 5.41) is 2.69. The van der Waals surface area contributed by atoms with Crippen molar-refractivity contribution in [2.75, 3.05) is 14.1 Å². The van der Waals surface area contributed by atoms with E-state index in [1.165, 1.54) is 7.05 Å². The largest absolute Gasteiger partial charge is 0.449 e. The van der Waals surface area contributed by atoms with Gasteiger partial charge in [-0.05, 0) is 14.0 Å². The van der Waals surface area contributed by atoms with Crippen molar-refractivity contribution in [1.29, 1.82) is 0 Å². The number of hydrogen-bond acceptors (Lipinski definition) is 2. The number of alkyl halides is 3. The van der Waals surface area contributed by atoms with E-state index in [-0.39, 0.29) is 0 Å². The molecule has 0 aromatic heterocycles. The van der Waals surface area contributed by atoms with Gasteiger partial charge in [-0.15, -0.1) is 0 Å². The third-order valence-corrected chi connectivity index (χ3v) is 1.80. The molecule has 0 bridgehead atoms. The van der Waals surface area contributed by atoms with Crippen LogP contribution in [0.3, 0.4) is 0 Å². The quantitative estimate of drug-likeness (QED) is 0.434. The zero-order valence-electron chi connectivity index (χ0n) is 8.39. The summed E-state index contributed by atoms with van der Waals surface area (Å²) in [4.78, 5) is 4.21. The van der Waals surface area contributed by atoms with Crippen LogP contribution in [0.1, 0.15) is 6.92 Å². The Bertz CT molecular complexity index is 222. The molecule has 0 rings (SSSR count). The van der Waals surface area contributed by atoms with Crippen LogP contribution in [0.4, 0.5) is 13.2 Å². The SMILES string of the molecule is C=C/N=C(\N(C)C(C)NC)C(F)(F)F. The molecule has 0 aromatic carbocycles. The van der Waals surface area contributed by atoms with Crippen LogP contribution in [-0.4, -0.2) is 37.2 Å². The number of hydrogen-bond donors (Lipinski definition) is 1. The highest BCUT2D eigenvalue weighted by atomic mass is 19.4. The summed E-state index contributed by atoms with van der Waals surface area (Å²) >= 11 is 0. The predicted molar refractivity (Wildman–Crippen MR) is 50.0 cm³/mol. The normalized spacial score (nSPS) is 15.1.